The van der Waals surface area contributed by atoms with Crippen molar-refractivity contribution in [3.8, 4) is 11.6 Å². The molecule has 1 aliphatic heterocycles. The van der Waals surface area contributed by atoms with E-state index in [2.05, 4.69) is 28.5 Å². The molecule has 35 heavy (non-hydrogen) atoms. The average Bonchev–Trinajstić information content (AvgIpc) is 3.64. The topological polar surface area (TPSA) is 91.8 Å². The Morgan fingerprint density at radius 3 is 2.54 bits per heavy atom. The molecule has 2 atom stereocenters. The molecular weight excluding hydrogens is 442 g/mol. The summed E-state index contributed by atoms with van der Waals surface area (Å²) in [6.45, 7) is 1.41. The second-order valence-corrected chi connectivity index (χ2v) is 8.96. The molecule has 3 aromatic rings. The maximum atomic E-state index is 12.7. The first kappa shape index (κ1) is 22.7. The Hall–Kier alpha value is -4.13. The number of carboxylic acid groups (broad SMARTS) is 1. The second kappa shape index (κ2) is 10.0. The fourth-order valence-corrected chi connectivity index (χ4v) is 4.41. The molecule has 2 fully saturated rings. The van der Waals surface area contributed by atoms with Crippen LogP contribution < -0.4 is 10.1 Å². The number of nitrogens with one attached hydrogen (secondary N) is 1. The number of amides is 2. The number of hydrogen-bond acceptors (Lipinski definition) is 4. The molecule has 0 radical (unpaired) electrons. The zero-order chi connectivity index (χ0) is 24.2. The van der Waals surface area contributed by atoms with Crippen molar-refractivity contribution >= 4 is 18.1 Å². The highest BCUT2D eigenvalue weighted by atomic mass is 16.5. The molecule has 0 spiro atoms. The SMILES string of the molecule is O=C(O)c1ccc(Oc2cccc(C=C3CCN(C(=O)NC4CC4c4ccccc4)CC3)c2)nc1. The highest BCUT2D eigenvalue weighted by Gasteiger charge is 2.40. The predicted molar refractivity (Wildman–Crippen MR) is 133 cm³/mol. The van der Waals surface area contributed by atoms with Crippen LogP contribution in [-0.2, 0) is 0 Å². The minimum absolute atomic E-state index is 0.0318. The third kappa shape index (κ3) is 5.69. The Labute approximate surface area is 204 Å². The lowest BCUT2D eigenvalue weighted by Gasteiger charge is -2.28. The van der Waals surface area contributed by atoms with Gasteiger partial charge in [-0.15, -0.1) is 0 Å². The van der Waals surface area contributed by atoms with Crippen molar-refractivity contribution in [1.29, 1.82) is 0 Å². The summed E-state index contributed by atoms with van der Waals surface area (Å²) in [7, 11) is 0. The third-order valence-electron chi connectivity index (χ3n) is 6.45. The summed E-state index contributed by atoms with van der Waals surface area (Å²) in [5.41, 5.74) is 3.72. The Bertz CT molecular complexity index is 1230. The number of carbonyl (C=O) groups is 2. The van der Waals surface area contributed by atoms with Crippen molar-refractivity contribution in [2.45, 2.75) is 31.2 Å². The van der Waals surface area contributed by atoms with Gasteiger partial charge in [0.15, 0.2) is 0 Å². The van der Waals surface area contributed by atoms with Crippen molar-refractivity contribution in [1.82, 2.24) is 15.2 Å². The molecule has 5 rings (SSSR count). The maximum absolute atomic E-state index is 12.7. The number of aromatic carboxylic acids is 1. The molecule has 1 aliphatic carbocycles. The van der Waals surface area contributed by atoms with Crippen molar-refractivity contribution in [3.63, 3.8) is 0 Å². The third-order valence-corrected chi connectivity index (χ3v) is 6.45. The Balaban J connectivity index is 1.13. The first-order chi connectivity index (χ1) is 17.0. The number of rotatable bonds is 6. The Morgan fingerprint density at radius 1 is 1.03 bits per heavy atom. The molecule has 1 saturated carbocycles. The summed E-state index contributed by atoms with van der Waals surface area (Å²) in [5, 5.41) is 12.2. The van der Waals surface area contributed by atoms with E-state index >= 15 is 0 Å². The highest BCUT2D eigenvalue weighted by Crippen LogP contribution is 2.40. The number of nitrogens with zero attached hydrogens (tertiary/aromatic N) is 2. The summed E-state index contributed by atoms with van der Waals surface area (Å²) in [6, 6.07) is 21.3. The molecule has 2 heterocycles. The maximum Gasteiger partial charge on any atom is 0.337 e. The molecule has 2 unspecified atom stereocenters. The minimum atomic E-state index is -1.02. The van der Waals surface area contributed by atoms with Crippen LogP contribution in [0.15, 0.2) is 78.5 Å². The van der Waals surface area contributed by atoms with Gasteiger partial charge >= 0.3 is 12.0 Å². The monoisotopic (exact) mass is 469 g/mol. The van der Waals surface area contributed by atoms with Gasteiger partial charge in [0, 0.05) is 37.3 Å². The molecular formula is C28H27N3O4. The zero-order valence-electron chi connectivity index (χ0n) is 19.3. The number of ether oxygens (including phenoxy) is 1. The van der Waals surface area contributed by atoms with Crippen LogP contribution in [0.4, 0.5) is 4.79 Å². The summed E-state index contributed by atoms with van der Waals surface area (Å²) in [5.74, 6) is 0.374. The van der Waals surface area contributed by atoms with Crippen LogP contribution in [0.2, 0.25) is 0 Å². The number of benzene rings is 2. The fourth-order valence-electron chi connectivity index (χ4n) is 4.41. The summed E-state index contributed by atoms with van der Waals surface area (Å²) in [4.78, 5) is 29.6. The highest BCUT2D eigenvalue weighted by molar-refractivity contribution is 5.87. The van der Waals surface area contributed by atoms with Gasteiger partial charge in [-0.2, -0.15) is 0 Å². The van der Waals surface area contributed by atoms with Crippen molar-refractivity contribution < 1.29 is 19.4 Å². The predicted octanol–water partition coefficient (Wildman–Crippen LogP) is 5.32. The average molecular weight is 470 g/mol. The molecule has 7 nitrogen and oxygen atoms in total. The van der Waals surface area contributed by atoms with Crippen molar-refractivity contribution in [2.75, 3.05) is 13.1 Å². The standard InChI is InChI=1S/C28H27N3O4/c32-27(33)22-9-10-26(29-18-22)35-23-8-4-5-20(16-23)15-19-11-13-31(14-12-19)28(34)30-25-17-24(25)21-6-2-1-3-7-21/h1-10,15-16,18,24-25H,11-14,17H2,(H,30,34)(H,32,33). The largest absolute Gasteiger partial charge is 0.478 e. The number of aromatic nitrogens is 1. The van der Waals surface area contributed by atoms with Crippen LogP contribution in [0.5, 0.6) is 11.6 Å². The Morgan fingerprint density at radius 2 is 1.83 bits per heavy atom. The molecule has 2 N–H and O–H groups in total. The van der Waals surface area contributed by atoms with Gasteiger partial charge in [-0.25, -0.2) is 14.6 Å². The van der Waals surface area contributed by atoms with Gasteiger partial charge < -0.3 is 20.1 Å². The molecule has 7 heteroatoms. The molecule has 0 bridgehead atoms. The fraction of sp³-hybridized carbons (Fsp3) is 0.250. The lowest BCUT2D eigenvalue weighted by molar-refractivity contribution is 0.0696. The van der Waals surface area contributed by atoms with Gasteiger partial charge in [-0.05, 0) is 48.6 Å². The van der Waals surface area contributed by atoms with Gasteiger partial charge in [-0.1, -0.05) is 54.1 Å². The van der Waals surface area contributed by atoms with Crippen LogP contribution in [0.3, 0.4) is 0 Å². The second-order valence-electron chi connectivity index (χ2n) is 8.96. The van der Waals surface area contributed by atoms with E-state index in [1.54, 1.807) is 6.07 Å². The van der Waals surface area contributed by atoms with Crippen molar-refractivity contribution in [3.05, 3.63) is 95.2 Å². The zero-order valence-corrected chi connectivity index (χ0v) is 19.3. The van der Waals surface area contributed by atoms with E-state index in [1.807, 2.05) is 47.4 Å². The van der Waals surface area contributed by atoms with Gasteiger partial charge in [0.05, 0.1) is 5.56 Å². The van der Waals surface area contributed by atoms with E-state index in [0.717, 1.165) is 24.8 Å². The van der Waals surface area contributed by atoms with Crippen LogP contribution in [0, 0.1) is 0 Å². The van der Waals surface area contributed by atoms with Gasteiger partial charge in [0.25, 0.3) is 0 Å². The molecule has 2 aliphatic rings. The molecule has 2 amide bonds. The quantitative estimate of drug-likeness (QED) is 0.510. The normalized spacial score (nSPS) is 19.1. The smallest absolute Gasteiger partial charge is 0.337 e. The number of pyridine rings is 1. The summed E-state index contributed by atoms with van der Waals surface area (Å²) >= 11 is 0. The minimum Gasteiger partial charge on any atom is -0.478 e. The lowest BCUT2D eigenvalue weighted by atomic mass is 10.0. The number of carbonyl (C=O) groups excluding carboxylic acids is 1. The lowest BCUT2D eigenvalue weighted by Crippen LogP contribution is -2.44. The van der Waals surface area contributed by atoms with Gasteiger partial charge in [-0.3, -0.25) is 0 Å². The molecule has 1 saturated heterocycles. The summed E-state index contributed by atoms with van der Waals surface area (Å²) < 4.78 is 5.78. The molecule has 1 aromatic heterocycles. The van der Waals surface area contributed by atoms with E-state index < -0.39 is 5.97 Å². The van der Waals surface area contributed by atoms with Crippen LogP contribution in [0.1, 0.15) is 46.7 Å². The van der Waals surface area contributed by atoms with Gasteiger partial charge in [0.2, 0.25) is 5.88 Å². The first-order valence-electron chi connectivity index (χ1n) is 11.8. The van der Waals surface area contributed by atoms with E-state index in [9.17, 15) is 9.59 Å². The summed E-state index contributed by atoms with van der Waals surface area (Å²) in [6.07, 6.45) is 6.10. The van der Waals surface area contributed by atoms with Gasteiger partial charge in [0.1, 0.15) is 5.75 Å². The van der Waals surface area contributed by atoms with E-state index in [4.69, 9.17) is 9.84 Å². The first-order valence-corrected chi connectivity index (χ1v) is 11.8. The molecule has 178 valence electrons. The Kier molecular flexibility index (Phi) is 6.48. The van der Waals surface area contributed by atoms with Crippen molar-refractivity contribution in [2.24, 2.45) is 0 Å². The van der Waals surface area contributed by atoms with Crippen LogP contribution in [-0.4, -0.2) is 46.1 Å². The number of likely N-dealkylation sites (tertiary alicyclic amines) is 1. The molecule has 2 aromatic carbocycles. The van der Waals surface area contributed by atoms with Crippen LogP contribution in [0.25, 0.3) is 6.08 Å². The van der Waals surface area contributed by atoms with E-state index in [-0.39, 0.29) is 17.6 Å². The number of urea groups is 1. The van der Waals surface area contributed by atoms with E-state index in [1.165, 1.54) is 23.4 Å². The van der Waals surface area contributed by atoms with Crippen LogP contribution >= 0.6 is 0 Å². The van der Waals surface area contributed by atoms with E-state index in [0.29, 0.717) is 30.6 Å². The number of hydrogen-bond donors (Lipinski definition) is 2. The number of piperidine rings is 1. The number of carboxylic acids is 1.